The fraction of sp³-hybridized carbons (Fsp3) is 0.867. The van der Waals surface area contributed by atoms with Gasteiger partial charge in [-0.1, -0.05) is 90.9 Å². The molecule has 1 amide bonds. The topological polar surface area (TPSA) is 134 Å². The molecular formula is C30H56N2O7S. The Morgan fingerprint density at radius 2 is 1.35 bits per heavy atom. The van der Waals surface area contributed by atoms with E-state index in [9.17, 15) is 19.2 Å². The average molecular weight is 589 g/mol. The van der Waals surface area contributed by atoms with E-state index in [1.165, 1.54) is 63.8 Å². The highest BCUT2D eigenvalue weighted by Gasteiger charge is 2.20. The maximum atomic E-state index is 12.5. The lowest BCUT2D eigenvalue weighted by atomic mass is 10.0. The Kier molecular flexibility index (Phi) is 26.1. The van der Waals surface area contributed by atoms with Gasteiger partial charge in [0, 0.05) is 17.9 Å². The summed E-state index contributed by atoms with van der Waals surface area (Å²) in [6, 6.07) is -0.785. The molecule has 0 radical (unpaired) electrons. The van der Waals surface area contributed by atoms with Crippen molar-refractivity contribution in [3.05, 3.63) is 0 Å². The zero-order valence-corrected chi connectivity index (χ0v) is 26.2. The van der Waals surface area contributed by atoms with Crippen molar-refractivity contribution >= 4 is 35.6 Å². The average Bonchev–Trinajstić information content (AvgIpc) is 2.94. The molecule has 0 rings (SSSR count). The molecule has 2 atom stereocenters. The second kappa shape index (κ2) is 27.4. The van der Waals surface area contributed by atoms with Crippen LogP contribution in [0, 0.1) is 0 Å². The third-order valence-electron chi connectivity index (χ3n) is 6.57. The van der Waals surface area contributed by atoms with Gasteiger partial charge in [0.05, 0.1) is 19.6 Å². The summed E-state index contributed by atoms with van der Waals surface area (Å²) in [6.07, 6.45) is 16.7. The van der Waals surface area contributed by atoms with E-state index in [-0.39, 0.29) is 25.5 Å². The number of nitrogens with one attached hydrogen (secondary N) is 1. The molecular weight excluding hydrogens is 532 g/mol. The minimum absolute atomic E-state index is 0.0543. The first kappa shape index (κ1) is 38.2. The third kappa shape index (κ3) is 24.0. The number of nitrogens with two attached hydrogens (primary N) is 1. The summed E-state index contributed by atoms with van der Waals surface area (Å²) < 4.78 is 15.5. The quantitative estimate of drug-likeness (QED) is 0.0728. The summed E-state index contributed by atoms with van der Waals surface area (Å²) in [5.74, 6) is -0.820. The number of rotatable bonds is 27. The number of carbonyl (C=O) groups is 4. The number of unbranched alkanes of at least 4 members (excludes halogenated alkanes) is 12. The molecule has 0 saturated carbocycles. The molecule has 0 aliphatic heterocycles. The van der Waals surface area contributed by atoms with Crippen LogP contribution < -0.4 is 11.1 Å². The Labute approximate surface area is 246 Å². The predicted octanol–water partition coefficient (Wildman–Crippen LogP) is 5.46. The maximum absolute atomic E-state index is 12.5. The Balaban J connectivity index is 4.36. The van der Waals surface area contributed by atoms with Crippen molar-refractivity contribution in [3.8, 4) is 0 Å². The maximum Gasteiger partial charge on any atom is 0.325 e. The fourth-order valence-corrected chi connectivity index (χ4v) is 4.88. The minimum Gasteiger partial charge on any atom is -0.468 e. The lowest BCUT2D eigenvalue weighted by Crippen LogP contribution is -2.44. The Bertz CT molecular complexity index is 678. The molecule has 0 aliphatic rings. The highest BCUT2D eigenvalue weighted by atomic mass is 32.2. The zero-order valence-electron chi connectivity index (χ0n) is 25.3. The van der Waals surface area contributed by atoms with Crippen molar-refractivity contribution in [2.75, 3.05) is 31.8 Å². The van der Waals surface area contributed by atoms with Crippen LogP contribution in [0.5, 0.6) is 0 Å². The Morgan fingerprint density at radius 3 is 1.95 bits per heavy atom. The normalized spacial score (nSPS) is 12.4. The van der Waals surface area contributed by atoms with E-state index in [2.05, 4.69) is 23.9 Å². The number of esters is 3. The second-order valence-corrected chi connectivity index (χ2v) is 11.4. The number of methoxy groups -OCH3 is 1. The van der Waals surface area contributed by atoms with E-state index in [1.807, 2.05) is 0 Å². The van der Waals surface area contributed by atoms with Crippen LogP contribution in [0.3, 0.4) is 0 Å². The molecule has 0 heterocycles. The van der Waals surface area contributed by atoms with E-state index in [4.69, 9.17) is 15.2 Å². The molecule has 0 bridgehead atoms. The highest BCUT2D eigenvalue weighted by Crippen LogP contribution is 2.16. The first-order valence-electron chi connectivity index (χ1n) is 15.4. The molecule has 0 aromatic heterocycles. The molecule has 0 aliphatic carbocycles. The van der Waals surface area contributed by atoms with Crippen LogP contribution in [0.15, 0.2) is 0 Å². The van der Waals surface area contributed by atoms with Crippen molar-refractivity contribution in [2.24, 2.45) is 5.73 Å². The summed E-state index contributed by atoms with van der Waals surface area (Å²) in [5.41, 5.74) is 5.82. The second-order valence-electron chi connectivity index (χ2n) is 10.3. The van der Waals surface area contributed by atoms with Gasteiger partial charge in [0.25, 0.3) is 0 Å². The smallest absolute Gasteiger partial charge is 0.325 e. The van der Waals surface area contributed by atoms with Crippen molar-refractivity contribution in [2.45, 2.75) is 135 Å². The molecule has 9 nitrogen and oxygen atoms in total. The van der Waals surface area contributed by atoms with Crippen LogP contribution in [0.25, 0.3) is 0 Å². The summed E-state index contributed by atoms with van der Waals surface area (Å²) in [5, 5.41) is 2.41. The van der Waals surface area contributed by atoms with Crippen molar-refractivity contribution in [1.82, 2.24) is 5.32 Å². The van der Waals surface area contributed by atoms with Crippen molar-refractivity contribution in [3.63, 3.8) is 0 Å². The van der Waals surface area contributed by atoms with Gasteiger partial charge >= 0.3 is 17.9 Å². The first-order chi connectivity index (χ1) is 19.3. The molecule has 0 aromatic rings. The van der Waals surface area contributed by atoms with Gasteiger partial charge in [-0.3, -0.25) is 19.2 Å². The summed E-state index contributed by atoms with van der Waals surface area (Å²) in [6.45, 7) is 4.33. The van der Waals surface area contributed by atoms with E-state index < -0.39 is 30.0 Å². The molecule has 3 N–H and O–H groups in total. The summed E-state index contributed by atoms with van der Waals surface area (Å²) in [7, 11) is 1.24. The van der Waals surface area contributed by atoms with Crippen molar-refractivity contribution in [1.29, 1.82) is 0 Å². The summed E-state index contributed by atoms with van der Waals surface area (Å²) in [4.78, 5) is 47.8. The lowest BCUT2D eigenvalue weighted by Gasteiger charge is -2.18. The number of carbonyl (C=O) groups excluding carboxylic acids is 4. The number of hydrogen-bond donors (Lipinski definition) is 2. The fourth-order valence-electron chi connectivity index (χ4n) is 4.11. The van der Waals surface area contributed by atoms with Crippen LogP contribution in [0.2, 0.25) is 0 Å². The predicted molar refractivity (Wildman–Crippen MR) is 161 cm³/mol. The number of thioether (sulfide) groups is 1. The van der Waals surface area contributed by atoms with Crippen LogP contribution in [0.1, 0.15) is 123 Å². The number of ether oxygens (including phenoxy) is 3. The third-order valence-corrected chi connectivity index (χ3v) is 7.62. The van der Waals surface area contributed by atoms with Crippen molar-refractivity contribution < 1.29 is 33.4 Å². The number of hydrogen-bond acceptors (Lipinski definition) is 9. The van der Waals surface area contributed by atoms with E-state index >= 15 is 0 Å². The van der Waals surface area contributed by atoms with Gasteiger partial charge in [-0.15, -0.1) is 0 Å². The molecule has 0 aromatic carbocycles. The molecule has 0 fully saturated rings. The van der Waals surface area contributed by atoms with Crippen LogP contribution >= 0.6 is 11.8 Å². The molecule has 40 heavy (non-hydrogen) atoms. The molecule has 0 spiro atoms. The van der Waals surface area contributed by atoms with E-state index in [1.54, 1.807) is 0 Å². The van der Waals surface area contributed by atoms with Gasteiger partial charge in [-0.25, -0.2) is 0 Å². The first-order valence-corrected chi connectivity index (χ1v) is 16.5. The van der Waals surface area contributed by atoms with Crippen LogP contribution in [-0.4, -0.2) is 67.7 Å². The molecule has 10 heteroatoms. The Morgan fingerprint density at radius 1 is 0.775 bits per heavy atom. The zero-order chi connectivity index (χ0) is 29.8. The van der Waals surface area contributed by atoms with E-state index in [0.717, 1.165) is 44.9 Å². The van der Waals surface area contributed by atoms with Gasteiger partial charge in [0.1, 0.15) is 19.3 Å². The van der Waals surface area contributed by atoms with E-state index in [0.29, 0.717) is 24.3 Å². The SMILES string of the molecule is CCCCCCCCCCC[C@H](CC(=O)OCCSC[C@H](N)C(=O)NCC(=O)OC)OC(=O)CCCCCCC. The monoisotopic (exact) mass is 588 g/mol. The van der Waals surface area contributed by atoms with Crippen LogP contribution in [-0.2, 0) is 33.4 Å². The molecule has 0 unspecified atom stereocenters. The minimum atomic E-state index is -0.785. The van der Waals surface area contributed by atoms with Gasteiger partial charge in [-0.2, -0.15) is 11.8 Å². The Hall–Kier alpha value is -1.81. The summed E-state index contributed by atoms with van der Waals surface area (Å²) >= 11 is 1.38. The number of amides is 1. The standard InChI is InChI=1S/C30H56N2O7S/c1-4-6-8-10-11-12-13-15-16-18-25(39-27(33)19-17-14-9-7-5-2)22-28(34)38-20-21-40-24-26(31)30(36)32-23-29(35)37-3/h25-26H,4-24,31H2,1-3H3,(H,32,36)/t25-,26+/m1/s1. The lowest BCUT2D eigenvalue weighted by molar-refractivity contribution is -0.155. The van der Waals surface area contributed by atoms with Gasteiger partial charge in [-0.05, 0) is 19.3 Å². The largest absolute Gasteiger partial charge is 0.468 e. The van der Waals surface area contributed by atoms with Gasteiger partial charge in [0.15, 0.2) is 0 Å². The van der Waals surface area contributed by atoms with Gasteiger partial charge < -0.3 is 25.3 Å². The van der Waals surface area contributed by atoms with Gasteiger partial charge in [0.2, 0.25) is 5.91 Å². The molecule has 0 saturated heterocycles. The van der Waals surface area contributed by atoms with Crippen LogP contribution in [0.4, 0.5) is 0 Å². The highest BCUT2D eigenvalue weighted by molar-refractivity contribution is 7.99. The molecule has 234 valence electrons.